The Morgan fingerprint density at radius 2 is 1.65 bits per heavy atom. The molecule has 0 atom stereocenters. The Balaban J connectivity index is 2.37. The van der Waals surface area contributed by atoms with Crippen molar-refractivity contribution < 1.29 is 0 Å². The standard InChI is InChI=1S/C16H17Cl3S/c1-2-12-7-8-13(20-12)9-16(10-17,11-18)14-5-3-4-6-15(14)19/h3-8H,2,9-11H2,1H3. The van der Waals surface area contributed by atoms with Crippen molar-refractivity contribution in [3.05, 3.63) is 56.7 Å². The Hall–Kier alpha value is -0.210. The molecule has 20 heavy (non-hydrogen) atoms. The van der Waals surface area contributed by atoms with Crippen LogP contribution in [-0.2, 0) is 18.3 Å². The fraction of sp³-hybridized carbons (Fsp3) is 0.375. The molecule has 0 saturated heterocycles. The highest BCUT2D eigenvalue weighted by molar-refractivity contribution is 7.12. The van der Waals surface area contributed by atoms with E-state index in [0.29, 0.717) is 11.8 Å². The molecule has 1 aromatic heterocycles. The maximum Gasteiger partial charge on any atom is 0.0444 e. The molecule has 0 aliphatic heterocycles. The zero-order chi connectivity index (χ0) is 14.6. The lowest BCUT2D eigenvalue weighted by atomic mass is 9.80. The van der Waals surface area contributed by atoms with Crippen LogP contribution < -0.4 is 0 Å². The predicted octanol–water partition coefficient (Wildman–Crippen LogP) is 5.92. The Labute approximate surface area is 139 Å². The van der Waals surface area contributed by atoms with Gasteiger partial charge in [-0.25, -0.2) is 0 Å². The lowest BCUT2D eigenvalue weighted by Gasteiger charge is -2.30. The van der Waals surface area contributed by atoms with Gasteiger partial charge in [-0.15, -0.1) is 34.5 Å². The molecule has 108 valence electrons. The van der Waals surface area contributed by atoms with E-state index < -0.39 is 0 Å². The highest BCUT2D eigenvalue weighted by atomic mass is 35.5. The summed E-state index contributed by atoms with van der Waals surface area (Å²) in [6.45, 7) is 2.17. The van der Waals surface area contributed by atoms with Crippen LogP contribution >= 0.6 is 46.1 Å². The predicted molar refractivity (Wildman–Crippen MR) is 92.0 cm³/mol. The summed E-state index contributed by atoms with van der Waals surface area (Å²) in [5, 5.41) is 0.737. The van der Waals surface area contributed by atoms with Crippen molar-refractivity contribution in [1.82, 2.24) is 0 Å². The summed E-state index contributed by atoms with van der Waals surface area (Å²) in [5.74, 6) is 0.916. The molecule has 0 amide bonds. The first-order chi connectivity index (χ1) is 9.65. The molecular formula is C16H17Cl3S. The second-order valence-corrected chi connectivity index (χ2v) is 7.12. The molecule has 0 unspecified atom stereocenters. The second kappa shape index (κ2) is 7.17. The molecule has 2 aromatic rings. The molecule has 0 radical (unpaired) electrons. The molecule has 4 heteroatoms. The molecule has 0 aliphatic carbocycles. The lowest BCUT2D eigenvalue weighted by molar-refractivity contribution is 0.541. The summed E-state index contributed by atoms with van der Waals surface area (Å²) < 4.78 is 0. The SMILES string of the molecule is CCc1ccc(CC(CCl)(CCl)c2ccccc2Cl)s1. The molecule has 0 spiro atoms. The highest BCUT2D eigenvalue weighted by Gasteiger charge is 2.33. The van der Waals surface area contributed by atoms with Crippen molar-refractivity contribution >= 4 is 46.1 Å². The van der Waals surface area contributed by atoms with Gasteiger partial charge in [0, 0.05) is 32.0 Å². The van der Waals surface area contributed by atoms with Gasteiger partial charge in [0.1, 0.15) is 0 Å². The van der Waals surface area contributed by atoms with E-state index in [-0.39, 0.29) is 5.41 Å². The molecular weight excluding hydrogens is 331 g/mol. The average molecular weight is 348 g/mol. The van der Waals surface area contributed by atoms with Crippen molar-refractivity contribution in [1.29, 1.82) is 0 Å². The van der Waals surface area contributed by atoms with Gasteiger partial charge >= 0.3 is 0 Å². The molecule has 0 saturated carbocycles. The van der Waals surface area contributed by atoms with Crippen LogP contribution in [-0.4, -0.2) is 11.8 Å². The van der Waals surface area contributed by atoms with Crippen LogP contribution in [0.3, 0.4) is 0 Å². The topological polar surface area (TPSA) is 0 Å². The molecule has 0 bridgehead atoms. The van der Waals surface area contributed by atoms with Crippen LogP contribution in [0, 0.1) is 0 Å². The van der Waals surface area contributed by atoms with Crippen molar-refractivity contribution in [3.63, 3.8) is 0 Å². The van der Waals surface area contributed by atoms with Crippen LogP contribution in [0.5, 0.6) is 0 Å². The molecule has 1 aromatic carbocycles. The van der Waals surface area contributed by atoms with Crippen LogP contribution in [0.15, 0.2) is 36.4 Å². The number of thiophene rings is 1. The van der Waals surface area contributed by atoms with E-state index >= 15 is 0 Å². The van der Waals surface area contributed by atoms with E-state index in [1.807, 2.05) is 35.6 Å². The number of halogens is 3. The first kappa shape index (κ1) is 16.2. The Morgan fingerprint density at radius 3 is 2.20 bits per heavy atom. The molecule has 2 rings (SSSR count). The summed E-state index contributed by atoms with van der Waals surface area (Å²) in [6.07, 6.45) is 1.89. The third-order valence-electron chi connectivity index (χ3n) is 3.54. The zero-order valence-corrected chi connectivity index (χ0v) is 14.4. The lowest BCUT2D eigenvalue weighted by Crippen LogP contribution is -2.33. The van der Waals surface area contributed by atoms with Crippen LogP contribution in [0.1, 0.15) is 22.2 Å². The van der Waals surface area contributed by atoms with E-state index in [2.05, 4.69) is 19.1 Å². The number of benzene rings is 1. The third kappa shape index (κ3) is 3.33. The van der Waals surface area contributed by atoms with Gasteiger partial charge in [0.15, 0.2) is 0 Å². The quantitative estimate of drug-likeness (QED) is 0.569. The van der Waals surface area contributed by atoms with Crippen molar-refractivity contribution in [2.24, 2.45) is 0 Å². The number of alkyl halides is 2. The highest BCUT2D eigenvalue weighted by Crippen LogP contribution is 2.37. The number of rotatable bonds is 6. The van der Waals surface area contributed by atoms with Gasteiger partial charge < -0.3 is 0 Å². The fourth-order valence-corrected chi connectivity index (χ4v) is 4.50. The van der Waals surface area contributed by atoms with Crippen LogP contribution in [0.2, 0.25) is 5.02 Å². The minimum absolute atomic E-state index is 0.308. The van der Waals surface area contributed by atoms with Gasteiger partial charge in [0.25, 0.3) is 0 Å². The van der Waals surface area contributed by atoms with Crippen molar-refractivity contribution in [2.45, 2.75) is 25.2 Å². The van der Waals surface area contributed by atoms with E-state index in [0.717, 1.165) is 23.4 Å². The first-order valence-electron chi connectivity index (χ1n) is 6.59. The Morgan fingerprint density at radius 1 is 1.00 bits per heavy atom. The van der Waals surface area contributed by atoms with E-state index in [1.54, 1.807) is 0 Å². The first-order valence-corrected chi connectivity index (χ1v) is 8.86. The summed E-state index contributed by atoms with van der Waals surface area (Å²) in [7, 11) is 0. The second-order valence-electron chi connectivity index (χ2n) is 4.93. The normalized spacial score (nSPS) is 11.8. The molecule has 0 N–H and O–H groups in total. The fourth-order valence-electron chi connectivity index (χ4n) is 2.30. The van der Waals surface area contributed by atoms with Crippen LogP contribution in [0.4, 0.5) is 0 Å². The third-order valence-corrected chi connectivity index (χ3v) is 6.12. The number of aryl methyl sites for hydroxylation is 1. The Bertz CT molecular complexity index is 558. The van der Waals surface area contributed by atoms with Crippen molar-refractivity contribution in [2.75, 3.05) is 11.8 Å². The molecule has 0 fully saturated rings. The van der Waals surface area contributed by atoms with Crippen LogP contribution in [0.25, 0.3) is 0 Å². The monoisotopic (exact) mass is 346 g/mol. The van der Waals surface area contributed by atoms with Gasteiger partial charge in [-0.1, -0.05) is 36.7 Å². The molecule has 0 nitrogen and oxygen atoms in total. The maximum absolute atomic E-state index is 6.35. The average Bonchev–Trinajstić information content (AvgIpc) is 2.93. The smallest absolute Gasteiger partial charge is 0.0444 e. The summed E-state index contributed by atoms with van der Waals surface area (Å²) >= 11 is 20.7. The maximum atomic E-state index is 6.35. The Kier molecular flexibility index (Phi) is 5.80. The zero-order valence-electron chi connectivity index (χ0n) is 11.3. The minimum atomic E-state index is -0.308. The van der Waals surface area contributed by atoms with Gasteiger partial charge in [-0.2, -0.15) is 0 Å². The largest absolute Gasteiger partial charge is 0.145 e. The van der Waals surface area contributed by atoms with E-state index in [4.69, 9.17) is 34.8 Å². The molecule has 1 heterocycles. The van der Waals surface area contributed by atoms with E-state index in [1.165, 1.54) is 9.75 Å². The van der Waals surface area contributed by atoms with Gasteiger partial charge in [0.05, 0.1) is 0 Å². The van der Waals surface area contributed by atoms with Gasteiger partial charge in [-0.05, 0) is 36.6 Å². The van der Waals surface area contributed by atoms with E-state index in [9.17, 15) is 0 Å². The summed E-state index contributed by atoms with van der Waals surface area (Å²) in [5.41, 5.74) is 0.732. The summed E-state index contributed by atoms with van der Waals surface area (Å²) in [4.78, 5) is 2.69. The van der Waals surface area contributed by atoms with Gasteiger partial charge in [-0.3, -0.25) is 0 Å². The number of hydrogen-bond donors (Lipinski definition) is 0. The molecule has 0 aliphatic rings. The number of hydrogen-bond acceptors (Lipinski definition) is 1. The van der Waals surface area contributed by atoms with Gasteiger partial charge in [0.2, 0.25) is 0 Å². The van der Waals surface area contributed by atoms with Crippen molar-refractivity contribution in [3.8, 4) is 0 Å². The minimum Gasteiger partial charge on any atom is -0.145 e. The summed E-state index contributed by atoms with van der Waals surface area (Å²) in [6, 6.07) is 12.2.